The van der Waals surface area contributed by atoms with E-state index in [0.29, 0.717) is 17.0 Å². The van der Waals surface area contributed by atoms with Gasteiger partial charge in [-0.25, -0.2) is 0 Å². The highest BCUT2D eigenvalue weighted by molar-refractivity contribution is 7.95. The van der Waals surface area contributed by atoms with Crippen LogP contribution in [-0.2, 0) is 0 Å². The van der Waals surface area contributed by atoms with E-state index in [1.807, 2.05) is 54.6 Å². The average molecular weight is 323 g/mol. The Bertz CT molecular complexity index is 807. The molecule has 3 aromatic rings. The van der Waals surface area contributed by atoms with Gasteiger partial charge in [-0.2, -0.15) is 0 Å². The maximum absolute atomic E-state index is 12.7. The molecule has 0 unspecified atom stereocenters. The Hall–Kier alpha value is -2.66. The van der Waals surface area contributed by atoms with Crippen molar-refractivity contribution in [1.29, 1.82) is 5.41 Å². The van der Waals surface area contributed by atoms with Crippen LogP contribution in [0, 0.1) is 5.41 Å². The van der Waals surface area contributed by atoms with Gasteiger partial charge in [-0.15, -0.1) is 3.89 Å². The van der Waals surface area contributed by atoms with Crippen molar-refractivity contribution in [3.05, 3.63) is 84.2 Å². The molecule has 0 aliphatic heterocycles. The van der Waals surface area contributed by atoms with Crippen molar-refractivity contribution in [1.82, 2.24) is 4.98 Å². The third-order valence-corrected chi connectivity index (χ3v) is 3.81. The molecular formula is C18H14FN3S. The topological polar surface area (TPSA) is 48.8 Å². The smallest absolute Gasteiger partial charge is 0.162 e. The maximum atomic E-state index is 12.7. The van der Waals surface area contributed by atoms with Crippen molar-refractivity contribution in [2.45, 2.75) is 0 Å². The van der Waals surface area contributed by atoms with Crippen molar-refractivity contribution in [3.63, 3.8) is 0 Å². The molecule has 23 heavy (non-hydrogen) atoms. The summed E-state index contributed by atoms with van der Waals surface area (Å²) in [4.78, 5) is 4.02. The number of benzene rings is 2. The number of pyridine rings is 1. The largest absolute Gasteiger partial charge is 0.302 e. The Kier molecular flexibility index (Phi) is 4.68. The van der Waals surface area contributed by atoms with Gasteiger partial charge >= 0.3 is 0 Å². The Morgan fingerprint density at radius 1 is 0.957 bits per heavy atom. The lowest BCUT2D eigenvalue weighted by Crippen LogP contribution is -2.05. The molecule has 2 N–H and O–H groups in total. The summed E-state index contributed by atoms with van der Waals surface area (Å²) in [5.74, 6) is 0. The van der Waals surface area contributed by atoms with E-state index in [0.717, 1.165) is 16.7 Å². The molecule has 2 aromatic carbocycles. The molecule has 0 amide bonds. The molecule has 114 valence electrons. The van der Waals surface area contributed by atoms with Gasteiger partial charge in [-0.3, -0.25) is 10.4 Å². The van der Waals surface area contributed by atoms with Gasteiger partial charge in [0, 0.05) is 23.5 Å². The first-order valence-electron chi connectivity index (χ1n) is 7.02. The third kappa shape index (κ3) is 3.40. The van der Waals surface area contributed by atoms with Crippen molar-refractivity contribution in [2.24, 2.45) is 0 Å². The molecule has 0 radical (unpaired) electrons. The molecular weight excluding hydrogens is 309 g/mol. The van der Waals surface area contributed by atoms with Crippen LogP contribution >= 0.6 is 12.3 Å². The SMILES string of the molecule is N=C(c1ccccc1)c1cc(-c2ccncc2)ccc1NSF. The van der Waals surface area contributed by atoms with Gasteiger partial charge in [-0.05, 0) is 35.4 Å². The molecule has 3 rings (SSSR count). The van der Waals surface area contributed by atoms with E-state index in [1.54, 1.807) is 18.5 Å². The van der Waals surface area contributed by atoms with Crippen molar-refractivity contribution < 1.29 is 3.89 Å². The lowest BCUT2D eigenvalue weighted by molar-refractivity contribution is 0.943. The van der Waals surface area contributed by atoms with Gasteiger partial charge in [0.2, 0.25) is 0 Å². The van der Waals surface area contributed by atoms with E-state index in [1.165, 1.54) is 0 Å². The molecule has 1 aromatic heterocycles. The van der Waals surface area contributed by atoms with E-state index in [4.69, 9.17) is 5.41 Å². The molecule has 0 aliphatic carbocycles. The van der Waals surface area contributed by atoms with E-state index >= 15 is 0 Å². The number of aromatic nitrogens is 1. The van der Waals surface area contributed by atoms with Crippen LogP contribution in [0.4, 0.5) is 9.57 Å². The zero-order valence-corrected chi connectivity index (χ0v) is 13.0. The highest BCUT2D eigenvalue weighted by Gasteiger charge is 2.12. The minimum absolute atomic E-state index is 0.0265. The predicted octanol–water partition coefficient (Wildman–Crippen LogP) is 5.11. The van der Waals surface area contributed by atoms with Gasteiger partial charge in [0.15, 0.2) is 12.3 Å². The van der Waals surface area contributed by atoms with Crippen LogP contribution in [0.15, 0.2) is 73.1 Å². The summed E-state index contributed by atoms with van der Waals surface area (Å²) in [6.45, 7) is 0. The molecule has 0 atom stereocenters. The Morgan fingerprint density at radius 3 is 2.39 bits per heavy atom. The number of nitrogens with zero attached hydrogens (tertiary/aromatic N) is 1. The first-order chi connectivity index (χ1) is 11.3. The second-order valence-corrected chi connectivity index (χ2v) is 5.27. The van der Waals surface area contributed by atoms with Gasteiger partial charge in [-0.1, -0.05) is 36.4 Å². The predicted molar refractivity (Wildman–Crippen MR) is 94.4 cm³/mol. The normalized spacial score (nSPS) is 10.3. The summed E-state index contributed by atoms with van der Waals surface area (Å²) in [6, 6.07) is 18.8. The number of anilines is 1. The quantitative estimate of drug-likeness (QED) is 0.507. The first kappa shape index (κ1) is 15.2. The van der Waals surface area contributed by atoms with Crippen LogP contribution in [0.2, 0.25) is 0 Å². The zero-order valence-electron chi connectivity index (χ0n) is 12.2. The lowest BCUT2D eigenvalue weighted by atomic mass is 9.96. The lowest BCUT2D eigenvalue weighted by Gasteiger charge is -2.13. The molecule has 0 bridgehead atoms. The fourth-order valence-corrected chi connectivity index (χ4v) is 2.63. The molecule has 1 heterocycles. The van der Waals surface area contributed by atoms with E-state index in [9.17, 15) is 3.89 Å². The number of rotatable bonds is 5. The molecule has 0 spiro atoms. The van der Waals surface area contributed by atoms with Crippen LogP contribution in [0.5, 0.6) is 0 Å². The van der Waals surface area contributed by atoms with Crippen molar-refractivity contribution in [3.8, 4) is 11.1 Å². The van der Waals surface area contributed by atoms with Crippen LogP contribution < -0.4 is 4.72 Å². The molecule has 5 heteroatoms. The van der Waals surface area contributed by atoms with Crippen LogP contribution in [-0.4, -0.2) is 10.7 Å². The highest BCUT2D eigenvalue weighted by Crippen LogP contribution is 2.28. The first-order valence-corrected chi connectivity index (χ1v) is 7.73. The fraction of sp³-hybridized carbons (Fsp3) is 0. The number of halogens is 1. The van der Waals surface area contributed by atoms with E-state index in [-0.39, 0.29) is 12.3 Å². The second kappa shape index (κ2) is 7.07. The van der Waals surface area contributed by atoms with E-state index < -0.39 is 0 Å². The Balaban J connectivity index is 2.07. The number of hydrogen-bond acceptors (Lipinski definition) is 4. The summed E-state index contributed by atoms with van der Waals surface area (Å²) in [5, 5.41) is 8.47. The summed E-state index contributed by atoms with van der Waals surface area (Å²) in [7, 11) is 0. The maximum Gasteiger partial charge on any atom is 0.162 e. The van der Waals surface area contributed by atoms with Crippen molar-refractivity contribution >= 4 is 23.7 Å². The summed E-state index contributed by atoms with van der Waals surface area (Å²) >= 11 is 0.0265. The van der Waals surface area contributed by atoms with Gasteiger partial charge in [0.05, 0.1) is 11.4 Å². The summed E-state index contributed by atoms with van der Waals surface area (Å²) in [5.41, 5.74) is 4.31. The Labute approximate surface area is 138 Å². The number of nitrogens with one attached hydrogen (secondary N) is 2. The minimum Gasteiger partial charge on any atom is -0.302 e. The average Bonchev–Trinajstić information content (AvgIpc) is 2.63. The van der Waals surface area contributed by atoms with Gasteiger partial charge < -0.3 is 4.72 Å². The monoisotopic (exact) mass is 323 g/mol. The van der Waals surface area contributed by atoms with Gasteiger partial charge in [0.25, 0.3) is 0 Å². The third-order valence-electron chi connectivity index (χ3n) is 3.51. The van der Waals surface area contributed by atoms with Crippen molar-refractivity contribution in [2.75, 3.05) is 4.72 Å². The molecule has 3 nitrogen and oxygen atoms in total. The molecule has 0 fully saturated rings. The summed E-state index contributed by atoms with van der Waals surface area (Å²) < 4.78 is 15.3. The molecule has 0 saturated carbocycles. The van der Waals surface area contributed by atoms with Gasteiger partial charge in [0.1, 0.15) is 0 Å². The van der Waals surface area contributed by atoms with Crippen LogP contribution in [0.3, 0.4) is 0 Å². The summed E-state index contributed by atoms with van der Waals surface area (Å²) in [6.07, 6.45) is 3.45. The number of hydrogen-bond donors (Lipinski definition) is 2. The van der Waals surface area contributed by atoms with E-state index in [2.05, 4.69) is 9.71 Å². The zero-order chi connectivity index (χ0) is 16.1. The second-order valence-electron chi connectivity index (χ2n) is 4.92. The Morgan fingerprint density at radius 2 is 1.70 bits per heavy atom. The van der Waals surface area contributed by atoms with Crippen LogP contribution in [0.25, 0.3) is 11.1 Å². The highest BCUT2D eigenvalue weighted by atomic mass is 32.2. The minimum atomic E-state index is 0.0265. The standard InChI is InChI=1S/C18H14FN3S/c19-23-22-17-7-6-15(13-8-10-21-11-9-13)12-16(17)18(20)14-4-2-1-3-5-14/h1-12,20,22H. The fourth-order valence-electron chi connectivity index (χ4n) is 2.37. The molecule has 0 saturated heterocycles. The van der Waals surface area contributed by atoms with Crippen LogP contribution in [0.1, 0.15) is 11.1 Å². The molecule has 0 aliphatic rings.